The van der Waals surface area contributed by atoms with E-state index in [9.17, 15) is 26.0 Å². The van der Waals surface area contributed by atoms with E-state index in [-0.39, 0.29) is 0 Å². The van der Waals surface area contributed by atoms with E-state index in [1.54, 1.807) is 0 Å². The summed E-state index contributed by atoms with van der Waals surface area (Å²) in [6.07, 6.45) is -4.95. The zero-order chi connectivity index (χ0) is 15.4. The lowest BCUT2D eigenvalue weighted by molar-refractivity contribution is -0.140. The van der Waals surface area contributed by atoms with Crippen molar-refractivity contribution in [2.24, 2.45) is 4.40 Å². The van der Waals surface area contributed by atoms with Gasteiger partial charge >= 0.3 is 6.18 Å². The summed E-state index contributed by atoms with van der Waals surface area (Å²) in [5, 5.41) is 1.49. The predicted molar refractivity (Wildman–Crippen MR) is 65.1 cm³/mol. The van der Waals surface area contributed by atoms with Crippen LogP contribution in [0.4, 0.5) is 17.6 Å². The minimum absolute atomic E-state index is 0.550. The second-order valence-electron chi connectivity index (χ2n) is 3.33. The third kappa shape index (κ3) is 3.75. The van der Waals surface area contributed by atoms with Crippen molar-refractivity contribution >= 4 is 27.4 Å². The monoisotopic (exact) mass is 329 g/mol. The number of benzene rings is 1. The summed E-state index contributed by atoms with van der Waals surface area (Å²) in [6, 6.07) is 2.46. The summed E-state index contributed by atoms with van der Waals surface area (Å²) in [5.41, 5.74) is -1.47. The SMILES string of the molecule is O=S(=O)(N=C=S)c1c(OCCF)cccc1C(F)(F)F. The smallest absolute Gasteiger partial charge is 0.417 e. The van der Waals surface area contributed by atoms with E-state index < -0.39 is 45.7 Å². The van der Waals surface area contributed by atoms with Crippen LogP contribution in [0.25, 0.3) is 0 Å². The molecule has 0 aliphatic rings. The maximum Gasteiger partial charge on any atom is 0.417 e. The van der Waals surface area contributed by atoms with Crippen LogP contribution < -0.4 is 4.74 Å². The Kier molecular flexibility index (Phi) is 5.21. The third-order valence-corrected chi connectivity index (χ3v) is 3.51. The van der Waals surface area contributed by atoms with Gasteiger partial charge in [0.1, 0.15) is 23.9 Å². The fourth-order valence-corrected chi connectivity index (χ4v) is 2.69. The van der Waals surface area contributed by atoms with Crippen molar-refractivity contribution in [3.63, 3.8) is 0 Å². The Labute approximate surface area is 117 Å². The first-order valence-electron chi connectivity index (χ1n) is 4.97. The van der Waals surface area contributed by atoms with E-state index in [0.29, 0.717) is 6.07 Å². The molecule has 0 heterocycles. The Hall–Kier alpha value is -1.51. The van der Waals surface area contributed by atoms with Crippen LogP contribution in [0, 0.1) is 0 Å². The van der Waals surface area contributed by atoms with Gasteiger partial charge in [-0.1, -0.05) is 6.07 Å². The zero-order valence-corrected chi connectivity index (χ0v) is 11.3. The Balaban J connectivity index is 3.61. The van der Waals surface area contributed by atoms with Gasteiger partial charge in [-0.15, -0.1) is 4.40 Å². The molecular formula is C10H7F4NO3S2. The molecule has 0 aromatic heterocycles. The van der Waals surface area contributed by atoms with E-state index in [0.717, 1.165) is 12.1 Å². The Morgan fingerprint density at radius 1 is 1.35 bits per heavy atom. The lowest BCUT2D eigenvalue weighted by atomic mass is 10.2. The molecule has 0 unspecified atom stereocenters. The van der Waals surface area contributed by atoms with Gasteiger partial charge in [-0.3, -0.25) is 0 Å². The highest BCUT2D eigenvalue weighted by Gasteiger charge is 2.39. The third-order valence-electron chi connectivity index (χ3n) is 2.03. The molecule has 0 bridgehead atoms. The molecule has 0 aliphatic carbocycles. The molecule has 4 nitrogen and oxygen atoms in total. The minimum Gasteiger partial charge on any atom is -0.489 e. The van der Waals surface area contributed by atoms with Crippen molar-refractivity contribution < 1.29 is 30.7 Å². The zero-order valence-electron chi connectivity index (χ0n) is 9.65. The summed E-state index contributed by atoms with van der Waals surface area (Å²) in [4.78, 5) is -1.21. The highest BCUT2D eigenvalue weighted by atomic mass is 32.2. The quantitative estimate of drug-likeness (QED) is 0.473. The van der Waals surface area contributed by atoms with Gasteiger partial charge in [0.2, 0.25) is 0 Å². The maximum absolute atomic E-state index is 12.8. The summed E-state index contributed by atoms with van der Waals surface area (Å²) < 4.78 is 81.4. The topological polar surface area (TPSA) is 55.7 Å². The number of nitrogens with zero attached hydrogens (tertiary/aromatic N) is 1. The highest BCUT2D eigenvalue weighted by molar-refractivity contribution is 7.91. The van der Waals surface area contributed by atoms with Crippen molar-refractivity contribution in [2.75, 3.05) is 13.3 Å². The van der Waals surface area contributed by atoms with Gasteiger partial charge in [-0.05, 0) is 24.4 Å². The van der Waals surface area contributed by atoms with Gasteiger partial charge in [0.05, 0.1) is 10.7 Å². The number of ether oxygens (including phenoxy) is 1. The standard InChI is InChI=1S/C10H7F4NO3S2/c11-4-5-18-8-3-1-2-7(10(12,13)14)9(8)20(16,17)15-6-19/h1-3H,4-5H2. The van der Waals surface area contributed by atoms with Gasteiger partial charge in [0.15, 0.2) is 0 Å². The van der Waals surface area contributed by atoms with Gasteiger partial charge < -0.3 is 4.74 Å². The highest BCUT2D eigenvalue weighted by Crippen LogP contribution is 2.39. The van der Waals surface area contributed by atoms with Crippen LogP contribution >= 0.6 is 12.2 Å². The van der Waals surface area contributed by atoms with Crippen LogP contribution in [0.5, 0.6) is 5.75 Å². The van der Waals surface area contributed by atoms with Crippen LogP contribution in [-0.2, 0) is 16.2 Å². The molecular weight excluding hydrogens is 322 g/mol. The van der Waals surface area contributed by atoms with Crippen LogP contribution in [0.1, 0.15) is 5.56 Å². The molecule has 0 fully saturated rings. The van der Waals surface area contributed by atoms with Crippen LogP contribution in [0.3, 0.4) is 0 Å². The van der Waals surface area contributed by atoms with E-state index in [1.165, 1.54) is 5.16 Å². The number of halogens is 4. The lowest BCUT2D eigenvalue weighted by Gasteiger charge is -2.14. The van der Waals surface area contributed by atoms with E-state index in [4.69, 9.17) is 0 Å². The summed E-state index contributed by atoms with van der Waals surface area (Å²) in [6.45, 7) is -1.59. The molecule has 0 saturated carbocycles. The Morgan fingerprint density at radius 3 is 2.50 bits per heavy atom. The van der Waals surface area contributed by atoms with Crippen molar-refractivity contribution in [1.82, 2.24) is 0 Å². The average Bonchev–Trinajstić information content (AvgIpc) is 2.34. The van der Waals surface area contributed by atoms with E-state index in [2.05, 4.69) is 21.4 Å². The second-order valence-corrected chi connectivity index (χ2v) is 5.05. The van der Waals surface area contributed by atoms with E-state index in [1.807, 2.05) is 0 Å². The number of rotatable bonds is 5. The largest absolute Gasteiger partial charge is 0.489 e. The van der Waals surface area contributed by atoms with Crippen molar-refractivity contribution in [3.05, 3.63) is 23.8 Å². The lowest BCUT2D eigenvalue weighted by Crippen LogP contribution is -2.14. The molecule has 10 heteroatoms. The molecule has 0 radical (unpaired) electrons. The van der Waals surface area contributed by atoms with E-state index >= 15 is 0 Å². The normalized spacial score (nSPS) is 11.8. The van der Waals surface area contributed by atoms with Crippen LogP contribution in [-0.4, -0.2) is 26.9 Å². The van der Waals surface area contributed by atoms with Crippen molar-refractivity contribution in [1.29, 1.82) is 0 Å². The molecule has 0 N–H and O–H groups in total. The van der Waals surface area contributed by atoms with Gasteiger partial charge in [0, 0.05) is 0 Å². The maximum atomic E-state index is 12.8. The predicted octanol–water partition coefficient (Wildman–Crippen LogP) is 2.85. The molecule has 0 amide bonds. The average molecular weight is 329 g/mol. The molecule has 20 heavy (non-hydrogen) atoms. The van der Waals surface area contributed by atoms with Crippen molar-refractivity contribution in [2.45, 2.75) is 11.1 Å². The first-order valence-corrected chi connectivity index (χ1v) is 6.82. The van der Waals surface area contributed by atoms with Crippen LogP contribution in [0.15, 0.2) is 27.5 Å². The number of hydrogen-bond acceptors (Lipinski definition) is 4. The molecule has 110 valence electrons. The minimum atomic E-state index is -4.95. The Morgan fingerprint density at radius 2 is 2.00 bits per heavy atom. The molecule has 0 spiro atoms. The Bertz CT molecular complexity index is 636. The van der Waals surface area contributed by atoms with Gasteiger partial charge in [-0.25, -0.2) is 4.39 Å². The van der Waals surface area contributed by atoms with Gasteiger partial charge in [0.25, 0.3) is 10.0 Å². The second kappa shape index (κ2) is 6.29. The fourth-order valence-electron chi connectivity index (χ4n) is 1.36. The molecule has 0 atom stereocenters. The van der Waals surface area contributed by atoms with Crippen LogP contribution in [0.2, 0.25) is 0 Å². The molecule has 1 aromatic rings. The first-order chi connectivity index (χ1) is 9.24. The number of sulfonamides is 1. The number of hydrogen-bond donors (Lipinski definition) is 0. The van der Waals surface area contributed by atoms with Gasteiger partial charge in [-0.2, -0.15) is 21.6 Å². The first kappa shape index (κ1) is 16.5. The molecule has 1 rings (SSSR count). The fraction of sp³-hybridized carbons (Fsp3) is 0.300. The number of thiocarbonyl (C=S) groups is 1. The number of isothiocyanates is 1. The molecule has 0 aliphatic heterocycles. The molecule has 1 aromatic carbocycles. The van der Waals surface area contributed by atoms with Crippen molar-refractivity contribution in [3.8, 4) is 5.75 Å². The summed E-state index contributed by atoms with van der Waals surface area (Å²) >= 11 is 4.09. The summed E-state index contributed by atoms with van der Waals surface area (Å²) in [7, 11) is -4.74. The summed E-state index contributed by atoms with van der Waals surface area (Å²) in [5.74, 6) is -0.647. The number of alkyl halides is 4. The molecule has 0 saturated heterocycles.